The first-order chi connectivity index (χ1) is 10.4. The Morgan fingerprint density at radius 3 is 2.77 bits per heavy atom. The number of halogens is 1. The van der Waals surface area contributed by atoms with Crippen LogP contribution in [0.1, 0.15) is 31.2 Å². The molecular formula is C16H21FN2O3. The van der Waals surface area contributed by atoms with E-state index in [-0.39, 0.29) is 23.9 Å². The smallest absolute Gasteiger partial charge is 0.315 e. The van der Waals surface area contributed by atoms with E-state index in [0.717, 1.165) is 10.9 Å². The van der Waals surface area contributed by atoms with E-state index >= 15 is 0 Å². The van der Waals surface area contributed by atoms with Crippen LogP contribution in [0.5, 0.6) is 0 Å². The lowest BCUT2D eigenvalue weighted by Gasteiger charge is -2.17. The van der Waals surface area contributed by atoms with Crippen molar-refractivity contribution in [3.63, 3.8) is 0 Å². The number of hydrogen-bond acceptors (Lipinski definition) is 3. The molecule has 0 bridgehead atoms. The molecule has 1 aromatic carbocycles. The van der Waals surface area contributed by atoms with Gasteiger partial charge in [-0.1, -0.05) is 0 Å². The summed E-state index contributed by atoms with van der Waals surface area (Å²) < 4.78 is 24.0. The average molecular weight is 308 g/mol. The Morgan fingerprint density at radius 2 is 2.09 bits per heavy atom. The van der Waals surface area contributed by atoms with Crippen molar-refractivity contribution in [2.24, 2.45) is 0 Å². The van der Waals surface area contributed by atoms with Crippen molar-refractivity contribution < 1.29 is 18.3 Å². The topological polar surface area (TPSA) is 63.5 Å². The molecule has 0 saturated heterocycles. The molecule has 2 rings (SSSR count). The van der Waals surface area contributed by atoms with E-state index in [1.807, 2.05) is 20.8 Å². The first-order valence-corrected chi connectivity index (χ1v) is 7.17. The molecule has 120 valence electrons. The van der Waals surface area contributed by atoms with Crippen LogP contribution in [-0.4, -0.2) is 25.8 Å². The minimum Gasteiger partial charge on any atom is -0.459 e. The van der Waals surface area contributed by atoms with Crippen LogP contribution in [0.25, 0.3) is 11.0 Å². The number of amides is 2. The first-order valence-electron chi connectivity index (χ1n) is 7.17. The molecule has 1 aromatic heterocycles. The van der Waals surface area contributed by atoms with Crippen LogP contribution in [0.3, 0.4) is 0 Å². The maximum absolute atomic E-state index is 13.3. The van der Waals surface area contributed by atoms with Crippen LogP contribution in [-0.2, 0) is 4.74 Å². The van der Waals surface area contributed by atoms with E-state index in [2.05, 4.69) is 10.6 Å². The van der Waals surface area contributed by atoms with E-state index in [1.54, 1.807) is 13.2 Å². The summed E-state index contributed by atoms with van der Waals surface area (Å²) in [5.74, 6) is 0.310. The molecule has 0 saturated carbocycles. The van der Waals surface area contributed by atoms with Gasteiger partial charge in [-0.3, -0.25) is 0 Å². The summed E-state index contributed by atoms with van der Waals surface area (Å²) in [5.41, 5.74) is 1.43. The van der Waals surface area contributed by atoms with Gasteiger partial charge in [0.05, 0.1) is 18.7 Å². The molecule has 2 aromatic rings. The lowest BCUT2D eigenvalue weighted by atomic mass is 10.1. The maximum Gasteiger partial charge on any atom is 0.315 e. The Hall–Kier alpha value is -2.08. The minimum atomic E-state index is -0.329. The van der Waals surface area contributed by atoms with Gasteiger partial charge >= 0.3 is 6.03 Å². The van der Waals surface area contributed by atoms with Crippen LogP contribution < -0.4 is 10.6 Å². The largest absolute Gasteiger partial charge is 0.459 e. The third kappa shape index (κ3) is 3.57. The van der Waals surface area contributed by atoms with Crippen molar-refractivity contribution in [2.45, 2.75) is 32.9 Å². The Labute approximate surface area is 128 Å². The molecule has 0 spiro atoms. The van der Waals surface area contributed by atoms with Crippen molar-refractivity contribution in [3.05, 3.63) is 35.3 Å². The molecule has 2 N–H and O–H groups in total. The molecule has 0 fully saturated rings. The van der Waals surface area contributed by atoms with Gasteiger partial charge in [-0.2, -0.15) is 0 Å². The highest BCUT2D eigenvalue weighted by Crippen LogP contribution is 2.29. The van der Waals surface area contributed by atoms with E-state index in [0.29, 0.717) is 18.0 Å². The van der Waals surface area contributed by atoms with Crippen molar-refractivity contribution in [2.75, 3.05) is 13.7 Å². The van der Waals surface area contributed by atoms with Gasteiger partial charge in [-0.15, -0.1) is 0 Å². The summed E-state index contributed by atoms with van der Waals surface area (Å²) in [6.45, 7) is 5.96. The summed E-state index contributed by atoms with van der Waals surface area (Å²) in [6.07, 6.45) is 0. The summed E-state index contributed by atoms with van der Waals surface area (Å²) in [7, 11) is 1.58. The minimum absolute atomic E-state index is 0.0944. The van der Waals surface area contributed by atoms with E-state index in [4.69, 9.17) is 9.15 Å². The SMILES string of the molecule is COCC(C)NC(=O)NC(C)c1oc2ccc(F)cc2c1C. The Kier molecular flexibility index (Phi) is 5.03. The highest BCUT2D eigenvalue weighted by Gasteiger charge is 2.19. The number of aryl methyl sites for hydroxylation is 1. The van der Waals surface area contributed by atoms with Gasteiger partial charge in [0.25, 0.3) is 0 Å². The predicted molar refractivity (Wildman–Crippen MR) is 82.3 cm³/mol. The van der Waals surface area contributed by atoms with Crippen LogP contribution in [0.2, 0.25) is 0 Å². The summed E-state index contributed by atoms with van der Waals surface area (Å²) >= 11 is 0. The highest BCUT2D eigenvalue weighted by atomic mass is 19.1. The number of carbonyl (C=O) groups excluding carboxylic acids is 1. The van der Waals surface area contributed by atoms with Gasteiger partial charge in [-0.25, -0.2) is 9.18 Å². The second-order valence-corrected chi connectivity index (χ2v) is 5.43. The van der Waals surface area contributed by atoms with Gasteiger partial charge in [0, 0.05) is 18.1 Å². The highest BCUT2D eigenvalue weighted by molar-refractivity contribution is 5.82. The lowest BCUT2D eigenvalue weighted by Crippen LogP contribution is -2.43. The number of hydrogen-bond donors (Lipinski definition) is 2. The van der Waals surface area contributed by atoms with Gasteiger partial charge in [0.1, 0.15) is 17.2 Å². The van der Waals surface area contributed by atoms with Gasteiger partial charge in [0.15, 0.2) is 0 Å². The van der Waals surface area contributed by atoms with Crippen molar-refractivity contribution in [1.82, 2.24) is 10.6 Å². The summed E-state index contributed by atoms with van der Waals surface area (Å²) in [4.78, 5) is 11.9. The number of urea groups is 1. The molecule has 2 atom stereocenters. The zero-order chi connectivity index (χ0) is 16.3. The lowest BCUT2D eigenvalue weighted by molar-refractivity contribution is 0.170. The monoisotopic (exact) mass is 308 g/mol. The van der Waals surface area contributed by atoms with E-state index in [1.165, 1.54) is 12.1 Å². The first kappa shape index (κ1) is 16.3. The van der Waals surface area contributed by atoms with Crippen molar-refractivity contribution in [1.29, 1.82) is 0 Å². The van der Waals surface area contributed by atoms with Gasteiger partial charge in [0.2, 0.25) is 0 Å². The van der Waals surface area contributed by atoms with Crippen molar-refractivity contribution >= 4 is 17.0 Å². The molecule has 6 heteroatoms. The molecule has 0 aliphatic rings. The Morgan fingerprint density at radius 1 is 1.36 bits per heavy atom. The Balaban J connectivity index is 2.11. The molecule has 0 radical (unpaired) electrons. The summed E-state index contributed by atoms with van der Waals surface area (Å²) in [6, 6.07) is 3.66. The molecule has 22 heavy (non-hydrogen) atoms. The number of furan rings is 1. The number of benzene rings is 1. The summed E-state index contributed by atoms with van der Waals surface area (Å²) in [5, 5.41) is 6.30. The third-order valence-electron chi connectivity index (χ3n) is 3.47. The maximum atomic E-state index is 13.3. The number of nitrogens with one attached hydrogen (secondary N) is 2. The van der Waals surface area contributed by atoms with Crippen LogP contribution >= 0.6 is 0 Å². The van der Waals surface area contributed by atoms with Crippen LogP contribution in [0.4, 0.5) is 9.18 Å². The van der Waals surface area contributed by atoms with Gasteiger partial charge < -0.3 is 19.8 Å². The fourth-order valence-corrected chi connectivity index (χ4v) is 2.44. The fraction of sp³-hybridized carbons (Fsp3) is 0.438. The van der Waals surface area contributed by atoms with Crippen LogP contribution in [0, 0.1) is 12.7 Å². The normalized spacial score (nSPS) is 13.9. The standard InChI is InChI=1S/C16H21FN2O3/c1-9(8-21-4)18-16(20)19-11(3)15-10(2)13-7-12(17)5-6-14(13)22-15/h5-7,9,11H,8H2,1-4H3,(H2,18,19,20). The van der Waals surface area contributed by atoms with Crippen molar-refractivity contribution in [3.8, 4) is 0 Å². The zero-order valence-electron chi connectivity index (χ0n) is 13.2. The second-order valence-electron chi connectivity index (χ2n) is 5.43. The van der Waals surface area contributed by atoms with Gasteiger partial charge in [-0.05, 0) is 39.0 Å². The number of methoxy groups -OCH3 is 1. The fourth-order valence-electron chi connectivity index (χ4n) is 2.44. The molecular weight excluding hydrogens is 287 g/mol. The predicted octanol–water partition coefficient (Wildman–Crippen LogP) is 3.28. The molecule has 1 heterocycles. The molecule has 5 nitrogen and oxygen atoms in total. The number of ether oxygens (including phenoxy) is 1. The zero-order valence-corrected chi connectivity index (χ0v) is 13.2. The molecule has 0 aliphatic heterocycles. The van der Waals surface area contributed by atoms with Crippen LogP contribution in [0.15, 0.2) is 22.6 Å². The molecule has 2 amide bonds. The second kappa shape index (κ2) is 6.79. The van der Waals surface area contributed by atoms with E-state index in [9.17, 15) is 9.18 Å². The molecule has 0 aliphatic carbocycles. The quantitative estimate of drug-likeness (QED) is 0.891. The number of carbonyl (C=O) groups is 1. The number of fused-ring (bicyclic) bond motifs is 1. The third-order valence-corrected chi connectivity index (χ3v) is 3.47. The van der Waals surface area contributed by atoms with E-state index < -0.39 is 0 Å². The molecule has 2 unspecified atom stereocenters. The number of rotatable bonds is 5. The average Bonchev–Trinajstić information content (AvgIpc) is 2.76. The Bertz CT molecular complexity index is 669.